The molecule has 2 N–H and O–H groups in total. The van der Waals surface area contributed by atoms with Gasteiger partial charge in [0.25, 0.3) is 17.3 Å². The van der Waals surface area contributed by atoms with Gasteiger partial charge in [-0.3, -0.25) is 14.9 Å². The highest BCUT2D eigenvalue weighted by Crippen LogP contribution is 2.14. The maximum Gasteiger partial charge on any atom is 0.269 e. The zero-order valence-electron chi connectivity index (χ0n) is 9.36. The number of aromatic nitrogens is 2. The van der Waals surface area contributed by atoms with E-state index in [-0.39, 0.29) is 5.69 Å². The molecular weight excluding hydrogens is 256 g/mol. The van der Waals surface area contributed by atoms with Crippen LogP contribution >= 0.6 is 11.5 Å². The highest BCUT2D eigenvalue weighted by atomic mass is 32.1. The number of carbonyl (C=O) groups is 1. The van der Waals surface area contributed by atoms with Crippen LogP contribution in [0.5, 0.6) is 0 Å². The molecule has 1 heterocycles. The third-order valence-corrected chi connectivity index (χ3v) is 3.40. The minimum atomic E-state index is -0.536. The van der Waals surface area contributed by atoms with Crippen LogP contribution in [-0.4, -0.2) is 15.9 Å². The number of non-ortho nitro benzene ring substituents is 1. The van der Waals surface area contributed by atoms with Crippen molar-refractivity contribution < 1.29 is 13.8 Å². The van der Waals surface area contributed by atoms with E-state index >= 15 is 0 Å². The van der Waals surface area contributed by atoms with Crippen molar-refractivity contribution in [2.45, 2.75) is 6.92 Å². The van der Waals surface area contributed by atoms with Gasteiger partial charge in [-0.1, -0.05) is 0 Å². The first-order chi connectivity index (χ1) is 8.49. The monoisotopic (exact) mass is 265 g/mol. The number of nitrogens with zero attached hydrogens (tertiary/aromatic N) is 3. The summed E-state index contributed by atoms with van der Waals surface area (Å²) in [5, 5.41) is 14.7. The normalized spacial score (nSPS) is 10.3. The Labute approximate surface area is 106 Å². The molecule has 0 bridgehead atoms. The van der Waals surface area contributed by atoms with Gasteiger partial charge in [0, 0.05) is 33.4 Å². The average molecular weight is 265 g/mol. The van der Waals surface area contributed by atoms with Crippen LogP contribution in [0.15, 0.2) is 24.3 Å². The molecule has 0 atom stereocenters. The summed E-state index contributed by atoms with van der Waals surface area (Å²) in [5.41, 5.74) is 6.37. The first kappa shape index (κ1) is 12.1. The molecule has 92 valence electrons. The molecule has 0 radical (unpaired) electrons. The van der Waals surface area contributed by atoms with Gasteiger partial charge in [-0.15, -0.1) is 0 Å². The van der Waals surface area contributed by atoms with E-state index in [1.54, 1.807) is 19.1 Å². The molecular formula is C10H9N4O3S+. The molecule has 18 heavy (non-hydrogen) atoms. The van der Waals surface area contributed by atoms with Crippen LogP contribution in [0.4, 0.5) is 5.69 Å². The van der Waals surface area contributed by atoms with Gasteiger partial charge in [-0.2, -0.15) is 0 Å². The van der Waals surface area contributed by atoms with E-state index < -0.39 is 10.8 Å². The number of amides is 1. The lowest BCUT2D eigenvalue weighted by molar-refractivity contribution is -0.588. The highest BCUT2D eigenvalue weighted by Gasteiger charge is 2.22. The number of nitro groups is 1. The maximum atomic E-state index is 11.1. The van der Waals surface area contributed by atoms with Crippen molar-refractivity contribution in [2.75, 3.05) is 0 Å². The molecule has 0 saturated carbocycles. The van der Waals surface area contributed by atoms with E-state index in [1.165, 1.54) is 16.2 Å². The summed E-state index contributed by atoms with van der Waals surface area (Å²) in [5.74, 6) is -0.536. The van der Waals surface area contributed by atoms with Crippen molar-refractivity contribution in [1.82, 2.24) is 5.10 Å². The molecule has 8 heteroatoms. The van der Waals surface area contributed by atoms with Gasteiger partial charge in [0.15, 0.2) is 16.4 Å². The smallest absolute Gasteiger partial charge is 0.269 e. The predicted molar refractivity (Wildman–Crippen MR) is 63.6 cm³/mol. The lowest BCUT2D eigenvalue weighted by Crippen LogP contribution is -2.28. The van der Waals surface area contributed by atoms with E-state index in [2.05, 4.69) is 5.10 Å². The van der Waals surface area contributed by atoms with E-state index in [0.717, 1.165) is 11.5 Å². The topological polar surface area (TPSA) is 103 Å². The first-order valence-corrected chi connectivity index (χ1v) is 5.71. The maximum absolute atomic E-state index is 11.1. The SMILES string of the molecule is Cc1n[n+](-c2ccc([N+](=O)[O-])cc2)sc1C(N)=O. The molecule has 0 saturated heterocycles. The minimum absolute atomic E-state index is 0.00255. The van der Waals surface area contributed by atoms with Crippen molar-refractivity contribution in [1.29, 1.82) is 0 Å². The number of aryl methyl sites for hydroxylation is 1. The lowest BCUT2D eigenvalue weighted by Gasteiger charge is -1.89. The van der Waals surface area contributed by atoms with Gasteiger partial charge in [-0.05, 0) is 6.92 Å². The molecule has 1 amide bonds. The highest BCUT2D eigenvalue weighted by molar-refractivity contribution is 7.04. The predicted octanol–water partition coefficient (Wildman–Crippen LogP) is 0.735. The summed E-state index contributed by atoms with van der Waals surface area (Å²) >= 11 is 1.10. The molecule has 0 fully saturated rings. The third-order valence-electron chi connectivity index (χ3n) is 2.25. The molecule has 1 aromatic heterocycles. The van der Waals surface area contributed by atoms with Crippen LogP contribution in [0.2, 0.25) is 0 Å². The zero-order valence-corrected chi connectivity index (χ0v) is 10.2. The summed E-state index contributed by atoms with van der Waals surface area (Å²) < 4.78 is 1.50. The fourth-order valence-corrected chi connectivity index (χ4v) is 2.22. The fraction of sp³-hybridized carbons (Fsp3) is 0.100. The Morgan fingerprint density at radius 1 is 1.44 bits per heavy atom. The minimum Gasteiger partial charge on any atom is -0.365 e. The molecule has 2 aromatic rings. The Morgan fingerprint density at radius 3 is 2.50 bits per heavy atom. The molecule has 7 nitrogen and oxygen atoms in total. The Kier molecular flexibility index (Phi) is 3.02. The molecule has 2 rings (SSSR count). The number of primary amides is 1. The van der Waals surface area contributed by atoms with E-state index in [9.17, 15) is 14.9 Å². The van der Waals surface area contributed by atoms with Crippen LogP contribution in [0.25, 0.3) is 5.69 Å². The number of hydrogen-bond acceptors (Lipinski definition) is 5. The van der Waals surface area contributed by atoms with Gasteiger partial charge in [-0.25, -0.2) is 0 Å². The Morgan fingerprint density at radius 2 is 2.06 bits per heavy atom. The number of nitro benzene ring substituents is 1. The van der Waals surface area contributed by atoms with Crippen LogP contribution in [0, 0.1) is 17.0 Å². The zero-order chi connectivity index (χ0) is 13.3. The molecule has 1 aromatic carbocycles. The summed E-state index contributed by atoms with van der Waals surface area (Å²) in [7, 11) is 0. The van der Waals surface area contributed by atoms with E-state index in [0.29, 0.717) is 16.3 Å². The van der Waals surface area contributed by atoms with Gasteiger partial charge >= 0.3 is 0 Å². The van der Waals surface area contributed by atoms with Gasteiger partial charge < -0.3 is 5.73 Å². The molecule has 0 aliphatic rings. The largest absolute Gasteiger partial charge is 0.365 e. The van der Waals surface area contributed by atoms with Crippen LogP contribution in [0.3, 0.4) is 0 Å². The van der Waals surface area contributed by atoms with E-state index in [4.69, 9.17) is 5.73 Å². The molecule has 0 aliphatic heterocycles. The average Bonchev–Trinajstić information content (AvgIpc) is 2.71. The molecule has 0 aliphatic carbocycles. The number of benzene rings is 1. The van der Waals surface area contributed by atoms with Crippen molar-refractivity contribution >= 4 is 23.1 Å². The van der Waals surface area contributed by atoms with Gasteiger partial charge in [0.1, 0.15) is 5.69 Å². The van der Waals surface area contributed by atoms with Crippen molar-refractivity contribution in [2.24, 2.45) is 5.73 Å². The lowest BCUT2D eigenvalue weighted by atomic mass is 10.3. The van der Waals surface area contributed by atoms with Crippen LogP contribution in [0.1, 0.15) is 15.4 Å². The third kappa shape index (κ3) is 2.18. The molecule has 0 unspecified atom stereocenters. The van der Waals surface area contributed by atoms with E-state index in [1.807, 2.05) is 0 Å². The second-order valence-electron chi connectivity index (χ2n) is 3.52. The quantitative estimate of drug-likeness (QED) is 0.502. The van der Waals surface area contributed by atoms with Crippen LogP contribution < -0.4 is 9.81 Å². The number of nitrogens with two attached hydrogens (primary N) is 1. The van der Waals surface area contributed by atoms with Crippen molar-refractivity contribution in [3.63, 3.8) is 0 Å². The second-order valence-corrected chi connectivity index (χ2v) is 4.45. The van der Waals surface area contributed by atoms with Crippen molar-refractivity contribution in [3.05, 3.63) is 45.0 Å². The second kappa shape index (κ2) is 4.49. The summed E-state index contributed by atoms with van der Waals surface area (Å²) in [4.78, 5) is 21.5. The molecule has 0 spiro atoms. The Bertz CT molecular complexity index is 621. The number of carbonyl (C=O) groups excluding carboxylic acids is 1. The Balaban J connectivity index is 2.40. The van der Waals surface area contributed by atoms with Crippen molar-refractivity contribution in [3.8, 4) is 5.69 Å². The first-order valence-electron chi connectivity index (χ1n) is 4.94. The summed E-state index contributed by atoms with van der Waals surface area (Å²) in [6, 6.07) is 5.88. The Hall–Kier alpha value is -2.35. The van der Waals surface area contributed by atoms with Gasteiger partial charge in [0.05, 0.1) is 4.92 Å². The summed E-state index contributed by atoms with van der Waals surface area (Å²) in [6.07, 6.45) is 0. The number of rotatable bonds is 3. The standard InChI is InChI=1S/C10H8N4O3S/c1-6-9(10(11)15)18-13(12-6)7-2-4-8(5-3-7)14(16)17/h2-5H,1H3,(H-,11,15)/p+1. The van der Waals surface area contributed by atoms with Gasteiger partial charge in [0.2, 0.25) is 0 Å². The van der Waals surface area contributed by atoms with Crippen LogP contribution in [-0.2, 0) is 0 Å². The summed E-state index contributed by atoms with van der Waals surface area (Å²) in [6.45, 7) is 1.68. The number of hydrogen-bond donors (Lipinski definition) is 1. The fourth-order valence-electron chi connectivity index (χ4n) is 1.39.